The first-order valence-electron chi connectivity index (χ1n) is 15.2. The molecule has 0 bridgehead atoms. The molecule has 0 amide bonds. The third-order valence-electron chi connectivity index (χ3n) is 9.15. The first-order valence-corrected chi connectivity index (χ1v) is 15.2. The summed E-state index contributed by atoms with van der Waals surface area (Å²) in [5.41, 5.74) is 3.18. The second kappa shape index (κ2) is 11.5. The maximum absolute atomic E-state index is 13.4. The minimum absolute atomic E-state index is 0.0964. The van der Waals surface area contributed by atoms with Crippen LogP contribution >= 0.6 is 0 Å². The number of Topliss-reactive ketones (excluding diaryl/α,β-unsaturated/α-hetero) is 1. The highest BCUT2D eigenvalue weighted by Gasteiger charge is 2.63. The van der Waals surface area contributed by atoms with Crippen molar-refractivity contribution in [2.24, 2.45) is 5.92 Å². The number of unbranched alkanes of at least 4 members (excludes halogenated alkanes) is 1. The van der Waals surface area contributed by atoms with E-state index in [-0.39, 0.29) is 17.7 Å². The molecule has 4 atom stereocenters. The van der Waals surface area contributed by atoms with Crippen LogP contribution in [0, 0.1) is 5.92 Å². The van der Waals surface area contributed by atoms with Crippen LogP contribution in [-0.2, 0) is 16.0 Å². The molecular weight excluding hydrogens is 486 g/mol. The molecule has 39 heavy (non-hydrogen) atoms. The smallest absolute Gasteiger partial charge is 0.174 e. The van der Waals surface area contributed by atoms with Crippen LogP contribution in [0.3, 0.4) is 0 Å². The van der Waals surface area contributed by atoms with Crippen molar-refractivity contribution in [1.29, 1.82) is 0 Å². The lowest BCUT2D eigenvalue weighted by molar-refractivity contribution is -0.161. The van der Waals surface area contributed by atoms with Gasteiger partial charge in [-0.05, 0) is 68.2 Å². The highest BCUT2D eigenvalue weighted by molar-refractivity contribution is 5.88. The third kappa shape index (κ3) is 5.16. The zero-order chi connectivity index (χ0) is 26.8. The predicted molar refractivity (Wildman–Crippen MR) is 154 cm³/mol. The molecule has 5 heteroatoms. The Balaban J connectivity index is 1.38. The number of ether oxygens (including phenoxy) is 3. The number of hydrogen-bond donors (Lipinski definition) is 0. The van der Waals surface area contributed by atoms with E-state index in [1.807, 2.05) is 6.07 Å². The van der Waals surface area contributed by atoms with Crippen LogP contribution in [0.25, 0.3) is 6.08 Å². The van der Waals surface area contributed by atoms with Crippen molar-refractivity contribution in [3.05, 3.63) is 65.2 Å². The Morgan fingerprint density at radius 3 is 2.72 bits per heavy atom. The molecule has 0 N–H and O–H groups in total. The van der Waals surface area contributed by atoms with Crippen molar-refractivity contribution < 1.29 is 19.0 Å². The summed E-state index contributed by atoms with van der Waals surface area (Å²) in [6, 6.07) is 14.9. The summed E-state index contributed by atoms with van der Waals surface area (Å²) < 4.78 is 19.9. The predicted octanol–water partition coefficient (Wildman–Crippen LogP) is 6.59. The molecule has 2 aromatic rings. The van der Waals surface area contributed by atoms with E-state index < -0.39 is 11.7 Å². The standard InChI is InChI=1S/C34H43NO4/c1-3-5-20-37-28-16-15-26-22-29(35(19-4-2)23-25-13-14-25)34(38-21-9-12-24-10-7-6-8-11-24)18-17-27(36)32-31(34)30(26)33(28)39-32/h6-12,15-16,25,29,31-32H,3-5,13-14,17-23H2,1-2H3/b12-9+/t29-,31?,32+,34-/m1/s1. The van der Waals surface area contributed by atoms with E-state index in [9.17, 15) is 4.79 Å². The summed E-state index contributed by atoms with van der Waals surface area (Å²) in [6.07, 6.45) is 11.8. The number of hydrogen-bond acceptors (Lipinski definition) is 5. The Kier molecular flexibility index (Phi) is 7.82. The van der Waals surface area contributed by atoms with E-state index >= 15 is 0 Å². The Labute approximate surface area is 233 Å². The molecule has 3 aliphatic carbocycles. The average molecular weight is 530 g/mol. The monoisotopic (exact) mass is 529 g/mol. The van der Waals surface area contributed by atoms with Gasteiger partial charge in [0.2, 0.25) is 0 Å². The summed E-state index contributed by atoms with van der Waals surface area (Å²) in [7, 11) is 0. The van der Waals surface area contributed by atoms with Crippen LogP contribution in [0.15, 0.2) is 48.5 Å². The SMILES string of the molecule is CCCCOc1ccc2c3c1O[C@H]1C(=O)CC[C@](OC/C=C/c4ccccc4)(C31)[C@H](N(CCC)CC1CC1)C2. The van der Waals surface area contributed by atoms with Gasteiger partial charge < -0.3 is 14.2 Å². The van der Waals surface area contributed by atoms with Crippen LogP contribution in [0.5, 0.6) is 11.5 Å². The maximum Gasteiger partial charge on any atom is 0.174 e. The minimum Gasteiger partial charge on any atom is -0.490 e. The van der Waals surface area contributed by atoms with Gasteiger partial charge in [0.05, 0.1) is 24.7 Å². The van der Waals surface area contributed by atoms with Crippen molar-refractivity contribution in [2.75, 3.05) is 26.3 Å². The third-order valence-corrected chi connectivity index (χ3v) is 9.15. The largest absolute Gasteiger partial charge is 0.490 e. The van der Waals surface area contributed by atoms with E-state index in [4.69, 9.17) is 14.2 Å². The molecular formula is C34H43NO4. The zero-order valence-corrected chi connectivity index (χ0v) is 23.6. The Morgan fingerprint density at radius 2 is 1.95 bits per heavy atom. The van der Waals surface area contributed by atoms with Crippen molar-refractivity contribution in [3.8, 4) is 11.5 Å². The molecule has 2 aromatic carbocycles. The number of carbonyl (C=O) groups excluding carboxylic acids is 1. The first-order chi connectivity index (χ1) is 19.1. The van der Waals surface area contributed by atoms with Crippen LogP contribution in [0.2, 0.25) is 0 Å². The van der Waals surface area contributed by atoms with Gasteiger partial charge in [-0.2, -0.15) is 0 Å². The molecule has 0 spiro atoms. The first kappa shape index (κ1) is 26.6. The molecule has 1 aliphatic heterocycles. The molecule has 208 valence electrons. The second-order valence-corrected chi connectivity index (χ2v) is 11.9. The molecule has 6 rings (SSSR count). The van der Waals surface area contributed by atoms with E-state index in [1.54, 1.807) is 0 Å². The fraction of sp³-hybridized carbons (Fsp3) is 0.559. The van der Waals surface area contributed by atoms with Crippen LogP contribution < -0.4 is 9.47 Å². The molecule has 4 aliphatic rings. The summed E-state index contributed by atoms with van der Waals surface area (Å²) in [6.45, 7) is 7.80. The Morgan fingerprint density at radius 1 is 1.10 bits per heavy atom. The minimum atomic E-state index is -0.492. The van der Waals surface area contributed by atoms with Crippen molar-refractivity contribution in [3.63, 3.8) is 0 Å². The van der Waals surface area contributed by atoms with Gasteiger partial charge in [0, 0.05) is 24.6 Å². The number of rotatable bonds is 13. The van der Waals surface area contributed by atoms with Gasteiger partial charge in [0.15, 0.2) is 23.4 Å². The summed E-state index contributed by atoms with van der Waals surface area (Å²) in [5.74, 6) is 2.47. The molecule has 1 heterocycles. The normalized spacial score (nSPS) is 27.2. The highest BCUT2D eigenvalue weighted by Crippen LogP contribution is 2.60. The van der Waals surface area contributed by atoms with Gasteiger partial charge >= 0.3 is 0 Å². The van der Waals surface area contributed by atoms with Crippen molar-refractivity contribution in [2.45, 2.75) is 88.9 Å². The van der Waals surface area contributed by atoms with Gasteiger partial charge in [0.1, 0.15) is 0 Å². The zero-order valence-electron chi connectivity index (χ0n) is 23.6. The van der Waals surface area contributed by atoms with Crippen LogP contribution in [0.4, 0.5) is 0 Å². The summed E-state index contributed by atoms with van der Waals surface area (Å²) in [5, 5.41) is 0. The highest BCUT2D eigenvalue weighted by atomic mass is 16.5. The molecule has 2 fully saturated rings. The van der Waals surface area contributed by atoms with Gasteiger partial charge in [-0.15, -0.1) is 0 Å². The Bertz CT molecular complexity index is 1190. The molecule has 1 unspecified atom stereocenters. The van der Waals surface area contributed by atoms with E-state index in [2.05, 4.69) is 67.3 Å². The molecule has 2 saturated carbocycles. The topological polar surface area (TPSA) is 48.0 Å². The van der Waals surface area contributed by atoms with Gasteiger partial charge in [0.25, 0.3) is 0 Å². The van der Waals surface area contributed by atoms with Crippen molar-refractivity contribution >= 4 is 11.9 Å². The van der Waals surface area contributed by atoms with Crippen LogP contribution in [0.1, 0.15) is 81.4 Å². The lowest BCUT2D eigenvalue weighted by atomic mass is 9.61. The second-order valence-electron chi connectivity index (χ2n) is 11.9. The molecule has 0 radical (unpaired) electrons. The lowest BCUT2D eigenvalue weighted by Crippen LogP contribution is -2.65. The molecule has 0 aromatic heterocycles. The molecule has 5 nitrogen and oxygen atoms in total. The fourth-order valence-electron chi connectivity index (χ4n) is 7.11. The van der Waals surface area contributed by atoms with Crippen molar-refractivity contribution in [1.82, 2.24) is 4.90 Å². The quantitative estimate of drug-likeness (QED) is 0.274. The van der Waals surface area contributed by atoms with E-state index in [0.29, 0.717) is 19.6 Å². The molecule has 0 saturated heterocycles. The lowest BCUT2D eigenvalue weighted by Gasteiger charge is -2.54. The van der Waals surface area contributed by atoms with E-state index in [0.717, 1.165) is 62.6 Å². The van der Waals surface area contributed by atoms with E-state index in [1.165, 1.54) is 29.5 Å². The summed E-state index contributed by atoms with van der Waals surface area (Å²) >= 11 is 0. The number of benzene rings is 2. The van der Waals surface area contributed by atoms with Gasteiger partial charge in [-0.3, -0.25) is 9.69 Å². The fourth-order valence-corrected chi connectivity index (χ4v) is 7.11. The van der Waals surface area contributed by atoms with Gasteiger partial charge in [-0.1, -0.05) is 68.8 Å². The number of ketones is 1. The maximum atomic E-state index is 13.4. The van der Waals surface area contributed by atoms with Gasteiger partial charge in [-0.25, -0.2) is 0 Å². The van der Waals surface area contributed by atoms with Crippen LogP contribution in [-0.4, -0.2) is 54.7 Å². The summed E-state index contributed by atoms with van der Waals surface area (Å²) in [4.78, 5) is 16.1. The Hall–Kier alpha value is -2.63. The average Bonchev–Trinajstić information content (AvgIpc) is 3.68. The number of carbonyl (C=O) groups is 1. The number of nitrogens with zero attached hydrogens (tertiary/aromatic N) is 1.